The molecule has 0 atom stereocenters. The fourth-order valence-electron chi connectivity index (χ4n) is 5.34. The Hall–Kier alpha value is -3.28. The zero-order valence-corrected chi connectivity index (χ0v) is 23.0. The van der Waals surface area contributed by atoms with Crippen LogP contribution in [-0.4, -0.2) is 14.0 Å². The first-order chi connectivity index (χ1) is 17.3. The summed E-state index contributed by atoms with van der Waals surface area (Å²) in [6.07, 6.45) is 3.00. The van der Waals surface area contributed by atoms with Crippen molar-refractivity contribution in [2.45, 2.75) is 6.42 Å². The second-order valence-corrected chi connectivity index (χ2v) is 10.6. The molecule has 5 aromatic heterocycles. The van der Waals surface area contributed by atoms with E-state index in [1.165, 1.54) is 48.0 Å². The number of benzene rings is 3. The van der Waals surface area contributed by atoms with Gasteiger partial charge in [0.15, 0.2) is 0 Å². The molecule has 0 bridgehead atoms. The molecule has 175 valence electrons. The molecule has 6 heteroatoms. The maximum Gasteiger partial charge on any atom is 0.0858 e. The minimum absolute atomic E-state index is 0. The maximum absolute atomic E-state index is 5.07. The molecule has 5 heterocycles. The van der Waals surface area contributed by atoms with Crippen LogP contribution in [-0.2, 0) is 26.5 Å². The van der Waals surface area contributed by atoms with Crippen LogP contribution in [0.2, 0.25) is 0 Å². The van der Waals surface area contributed by atoms with Gasteiger partial charge in [-0.1, -0.05) is 58.6 Å². The molecule has 8 aromatic rings. The number of hydrogen-bond acceptors (Lipinski definition) is 3. The molecule has 0 fully saturated rings. The van der Waals surface area contributed by atoms with E-state index in [2.05, 4.69) is 105 Å². The van der Waals surface area contributed by atoms with Crippen molar-refractivity contribution in [3.8, 4) is 5.69 Å². The molecule has 0 saturated carbocycles. The van der Waals surface area contributed by atoms with Crippen molar-refractivity contribution in [2.75, 3.05) is 0 Å². The molecule has 0 amide bonds. The Morgan fingerprint density at radius 1 is 0.806 bits per heavy atom. The Bertz CT molecular complexity index is 1980. The van der Waals surface area contributed by atoms with Crippen molar-refractivity contribution in [2.24, 2.45) is 0 Å². The van der Waals surface area contributed by atoms with Crippen molar-refractivity contribution in [1.82, 2.24) is 14.0 Å². The van der Waals surface area contributed by atoms with E-state index < -0.39 is 0 Å². The molecular formula is C30H18IrN3S2-. The summed E-state index contributed by atoms with van der Waals surface area (Å²) in [5.74, 6) is 0. The average Bonchev–Trinajstić information content (AvgIpc) is 3.67. The van der Waals surface area contributed by atoms with Crippen LogP contribution in [0.5, 0.6) is 0 Å². The fraction of sp³-hybridized carbons (Fsp3) is 0.0333. The van der Waals surface area contributed by atoms with Crippen LogP contribution >= 0.6 is 22.7 Å². The summed E-state index contributed by atoms with van der Waals surface area (Å²) >= 11 is 3.52. The Balaban J connectivity index is 0.00000220. The third-order valence-corrected chi connectivity index (χ3v) is 8.64. The standard InChI is InChI=1S/C30H18N3S2.Ir/c1-2-6-21(7-3-1)33-26-9-5-4-8-22(26)25-17-19(10-11-27(25)33)16-20-18-32-29(31-20)23-12-14-34-28(23)24-13-15-35-30(24)32;/h1-11,13-15,17-18H,16H2;/q-1;. The Kier molecular flexibility index (Phi) is 5.12. The van der Waals surface area contributed by atoms with Crippen molar-refractivity contribution in [1.29, 1.82) is 0 Å². The van der Waals surface area contributed by atoms with Gasteiger partial charge in [0.25, 0.3) is 0 Å². The van der Waals surface area contributed by atoms with Gasteiger partial charge in [-0.2, -0.15) is 6.07 Å². The molecule has 3 nitrogen and oxygen atoms in total. The Morgan fingerprint density at radius 3 is 2.56 bits per heavy atom. The largest absolute Gasteiger partial charge is 0.345 e. The van der Waals surface area contributed by atoms with E-state index in [9.17, 15) is 0 Å². The SMILES string of the molecule is [Ir].[c-]1csc2c1c1nc(Cc3ccc4c(c3)c3ccccc3n4-c3ccccc3)cn1c1sccc21. The van der Waals surface area contributed by atoms with Gasteiger partial charge in [0.1, 0.15) is 0 Å². The summed E-state index contributed by atoms with van der Waals surface area (Å²) in [5, 5.41) is 9.18. The average molecular weight is 677 g/mol. The van der Waals surface area contributed by atoms with E-state index in [4.69, 9.17) is 4.98 Å². The van der Waals surface area contributed by atoms with E-state index in [1.807, 2.05) is 5.38 Å². The molecule has 8 rings (SSSR count). The predicted octanol–water partition coefficient (Wildman–Crippen LogP) is 8.25. The van der Waals surface area contributed by atoms with Crippen LogP contribution in [0.1, 0.15) is 11.3 Å². The zero-order chi connectivity index (χ0) is 22.9. The summed E-state index contributed by atoms with van der Waals surface area (Å²) in [7, 11) is 0. The number of thiophene rings is 2. The number of fused-ring (bicyclic) bond motifs is 9. The number of nitrogens with zero attached hydrogens (tertiary/aromatic N) is 3. The van der Waals surface area contributed by atoms with E-state index in [0.29, 0.717) is 0 Å². The smallest absolute Gasteiger partial charge is 0.0858 e. The van der Waals surface area contributed by atoms with E-state index >= 15 is 0 Å². The van der Waals surface area contributed by atoms with Crippen LogP contribution in [0.4, 0.5) is 0 Å². The topological polar surface area (TPSA) is 22.2 Å². The Labute approximate surface area is 228 Å². The first kappa shape index (κ1) is 22.0. The van der Waals surface area contributed by atoms with Crippen LogP contribution in [0.3, 0.4) is 0 Å². The van der Waals surface area contributed by atoms with E-state index in [-0.39, 0.29) is 20.1 Å². The van der Waals surface area contributed by atoms with Crippen molar-refractivity contribution < 1.29 is 20.1 Å². The third-order valence-electron chi connectivity index (χ3n) is 6.83. The number of aromatic nitrogens is 3. The second-order valence-electron chi connectivity index (χ2n) is 8.87. The molecule has 0 aliphatic carbocycles. The van der Waals surface area contributed by atoms with E-state index in [1.54, 1.807) is 22.7 Å². The van der Waals surface area contributed by atoms with Gasteiger partial charge in [-0.15, -0.1) is 16.7 Å². The normalized spacial score (nSPS) is 11.8. The number of pyridine rings is 1. The van der Waals surface area contributed by atoms with Gasteiger partial charge in [-0.3, -0.25) is 4.98 Å². The number of para-hydroxylation sites is 2. The first-order valence-electron chi connectivity index (χ1n) is 11.6. The summed E-state index contributed by atoms with van der Waals surface area (Å²) < 4.78 is 5.89. The van der Waals surface area contributed by atoms with Crippen molar-refractivity contribution in [3.63, 3.8) is 0 Å². The summed E-state index contributed by atoms with van der Waals surface area (Å²) in [5.41, 5.74) is 7.00. The number of imidazole rings is 1. The summed E-state index contributed by atoms with van der Waals surface area (Å²) in [6, 6.07) is 31.8. The minimum Gasteiger partial charge on any atom is -0.345 e. The van der Waals surface area contributed by atoms with Crippen LogP contribution in [0.15, 0.2) is 95.8 Å². The minimum atomic E-state index is 0. The second kappa shape index (κ2) is 8.39. The van der Waals surface area contributed by atoms with Gasteiger partial charge in [0, 0.05) is 60.5 Å². The molecule has 0 saturated heterocycles. The molecule has 1 radical (unpaired) electrons. The fourth-order valence-corrected chi connectivity index (χ4v) is 7.14. The molecule has 0 aliphatic rings. The molecule has 0 spiro atoms. The van der Waals surface area contributed by atoms with Crippen LogP contribution in [0.25, 0.3) is 53.4 Å². The van der Waals surface area contributed by atoms with Gasteiger partial charge in [0.2, 0.25) is 0 Å². The van der Waals surface area contributed by atoms with Crippen LogP contribution < -0.4 is 0 Å². The van der Waals surface area contributed by atoms with Gasteiger partial charge in [-0.25, -0.2) is 11.3 Å². The third kappa shape index (κ3) is 3.16. The first-order valence-corrected chi connectivity index (χ1v) is 13.3. The molecule has 36 heavy (non-hydrogen) atoms. The summed E-state index contributed by atoms with van der Waals surface area (Å²) in [4.78, 5) is 6.33. The molecule has 0 N–H and O–H groups in total. The summed E-state index contributed by atoms with van der Waals surface area (Å²) in [6.45, 7) is 0. The van der Waals surface area contributed by atoms with Gasteiger partial charge >= 0.3 is 0 Å². The monoisotopic (exact) mass is 677 g/mol. The molecule has 0 aliphatic heterocycles. The Morgan fingerprint density at radius 2 is 1.64 bits per heavy atom. The predicted molar refractivity (Wildman–Crippen MR) is 148 cm³/mol. The molecular weight excluding hydrogens is 659 g/mol. The number of rotatable bonds is 3. The quantitative estimate of drug-likeness (QED) is 0.173. The van der Waals surface area contributed by atoms with Gasteiger partial charge < -0.3 is 8.97 Å². The molecule has 3 aromatic carbocycles. The van der Waals surface area contributed by atoms with Crippen LogP contribution in [0, 0.1) is 6.07 Å². The van der Waals surface area contributed by atoms with E-state index in [0.717, 1.165) is 23.1 Å². The van der Waals surface area contributed by atoms with Crippen molar-refractivity contribution >= 4 is 70.4 Å². The van der Waals surface area contributed by atoms with Gasteiger partial charge in [0.05, 0.1) is 15.9 Å². The maximum atomic E-state index is 5.07. The van der Waals surface area contributed by atoms with Crippen molar-refractivity contribution in [3.05, 3.63) is 113 Å². The zero-order valence-electron chi connectivity index (χ0n) is 18.9. The molecule has 0 unspecified atom stereocenters. The number of hydrogen-bond donors (Lipinski definition) is 0. The van der Waals surface area contributed by atoms with Gasteiger partial charge in [-0.05, 0) is 46.7 Å².